The molecule has 0 saturated heterocycles. The molecule has 1 fully saturated rings. The average molecular weight is 377 g/mol. The summed E-state index contributed by atoms with van der Waals surface area (Å²) in [6.07, 6.45) is 4.00. The summed E-state index contributed by atoms with van der Waals surface area (Å²) in [5.74, 6) is 3.09. The van der Waals surface area contributed by atoms with Crippen LogP contribution in [0.3, 0.4) is 0 Å². The molecule has 23 heavy (non-hydrogen) atoms. The van der Waals surface area contributed by atoms with E-state index in [2.05, 4.69) is 46.7 Å². The quantitative estimate of drug-likeness (QED) is 0.553. The van der Waals surface area contributed by atoms with Gasteiger partial charge in [-0.15, -0.1) is 0 Å². The Morgan fingerprint density at radius 1 is 1.30 bits per heavy atom. The molecular formula is C16H21BrN6. The number of rotatable bonds is 5. The smallest absolute Gasteiger partial charge is 0.191 e. The molecule has 1 aliphatic carbocycles. The van der Waals surface area contributed by atoms with E-state index in [1.807, 2.05) is 24.3 Å². The second kappa shape index (κ2) is 7.59. The van der Waals surface area contributed by atoms with Gasteiger partial charge in [-0.3, -0.25) is 10.1 Å². The Balaban J connectivity index is 1.52. The van der Waals surface area contributed by atoms with E-state index in [4.69, 9.17) is 0 Å². The summed E-state index contributed by atoms with van der Waals surface area (Å²) in [4.78, 5) is 8.75. The Morgan fingerprint density at radius 2 is 2.09 bits per heavy atom. The maximum Gasteiger partial charge on any atom is 0.191 e. The highest BCUT2D eigenvalue weighted by Crippen LogP contribution is 2.25. The SMILES string of the molecule is CN=C(NCc1nc(-c2ccc(Br)cc2)n[nH]1)NCC1CCC1. The molecule has 1 heterocycles. The zero-order chi connectivity index (χ0) is 16.1. The lowest BCUT2D eigenvalue weighted by Gasteiger charge is -2.26. The highest BCUT2D eigenvalue weighted by molar-refractivity contribution is 9.10. The molecule has 0 amide bonds. The van der Waals surface area contributed by atoms with E-state index >= 15 is 0 Å². The topological polar surface area (TPSA) is 78.0 Å². The summed E-state index contributed by atoms with van der Waals surface area (Å²) in [7, 11) is 1.78. The molecule has 6 nitrogen and oxygen atoms in total. The van der Waals surface area contributed by atoms with Gasteiger partial charge in [0.15, 0.2) is 11.8 Å². The van der Waals surface area contributed by atoms with Crippen molar-refractivity contribution in [3.8, 4) is 11.4 Å². The van der Waals surface area contributed by atoms with Crippen LogP contribution in [0.4, 0.5) is 0 Å². The van der Waals surface area contributed by atoms with Crippen LogP contribution >= 0.6 is 15.9 Å². The first-order valence-corrected chi connectivity index (χ1v) is 8.65. The molecule has 3 N–H and O–H groups in total. The Labute approximate surface area is 144 Å². The van der Waals surface area contributed by atoms with E-state index in [0.717, 1.165) is 34.3 Å². The van der Waals surface area contributed by atoms with E-state index in [-0.39, 0.29) is 0 Å². The van der Waals surface area contributed by atoms with E-state index in [9.17, 15) is 0 Å². The number of guanidine groups is 1. The van der Waals surface area contributed by atoms with Crippen molar-refractivity contribution in [1.82, 2.24) is 25.8 Å². The van der Waals surface area contributed by atoms with Crippen LogP contribution in [0.25, 0.3) is 11.4 Å². The molecule has 0 unspecified atom stereocenters. The third-order valence-corrected chi connectivity index (χ3v) is 4.59. The normalized spacial score (nSPS) is 15.3. The van der Waals surface area contributed by atoms with Gasteiger partial charge in [-0.05, 0) is 30.9 Å². The lowest BCUT2D eigenvalue weighted by Crippen LogP contribution is -2.40. The van der Waals surface area contributed by atoms with Crippen molar-refractivity contribution >= 4 is 21.9 Å². The van der Waals surface area contributed by atoms with Crippen LogP contribution in [0.1, 0.15) is 25.1 Å². The molecular weight excluding hydrogens is 356 g/mol. The second-order valence-corrected chi connectivity index (χ2v) is 6.63. The van der Waals surface area contributed by atoms with Gasteiger partial charge in [-0.1, -0.05) is 34.5 Å². The van der Waals surface area contributed by atoms with Gasteiger partial charge in [0.1, 0.15) is 5.82 Å². The van der Waals surface area contributed by atoms with Crippen LogP contribution in [0.5, 0.6) is 0 Å². The van der Waals surface area contributed by atoms with Crippen LogP contribution in [-0.4, -0.2) is 34.7 Å². The number of halogens is 1. The van der Waals surface area contributed by atoms with Gasteiger partial charge in [0, 0.05) is 23.6 Å². The van der Waals surface area contributed by atoms with Crippen molar-refractivity contribution in [2.24, 2.45) is 10.9 Å². The van der Waals surface area contributed by atoms with Crippen LogP contribution in [0.2, 0.25) is 0 Å². The molecule has 1 aliphatic rings. The second-order valence-electron chi connectivity index (χ2n) is 5.72. The van der Waals surface area contributed by atoms with Gasteiger partial charge in [0.2, 0.25) is 0 Å². The molecule has 0 radical (unpaired) electrons. The first-order chi connectivity index (χ1) is 11.2. The summed E-state index contributed by atoms with van der Waals surface area (Å²) in [6.45, 7) is 1.55. The first kappa shape index (κ1) is 16.0. The van der Waals surface area contributed by atoms with Crippen LogP contribution < -0.4 is 10.6 Å². The minimum Gasteiger partial charge on any atom is -0.356 e. The predicted octanol–water partition coefficient (Wildman–Crippen LogP) is 2.70. The summed E-state index contributed by atoms with van der Waals surface area (Å²) in [5, 5.41) is 13.9. The third-order valence-electron chi connectivity index (χ3n) is 4.06. The van der Waals surface area contributed by atoms with E-state index < -0.39 is 0 Å². The molecule has 1 aromatic carbocycles. The lowest BCUT2D eigenvalue weighted by molar-refractivity contribution is 0.314. The van der Waals surface area contributed by atoms with E-state index in [1.165, 1.54) is 19.3 Å². The van der Waals surface area contributed by atoms with Crippen molar-refractivity contribution < 1.29 is 0 Å². The summed E-state index contributed by atoms with van der Waals surface area (Å²) in [5.41, 5.74) is 0.989. The summed E-state index contributed by atoms with van der Waals surface area (Å²) < 4.78 is 1.04. The van der Waals surface area contributed by atoms with E-state index in [0.29, 0.717) is 12.4 Å². The van der Waals surface area contributed by atoms with Crippen molar-refractivity contribution in [3.63, 3.8) is 0 Å². The zero-order valence-corrected chi connectivity index (χ0v) is 14.7. The highest BCUT2D eigenvalue weighted by atomic mass is 79.9. The van der Waals surface area contributed by atoms with Gasteiger partial charge in [-0.2, -0.15) is 5.10 Å². The number of aromatic amines is 1. The number of hydrogen-bond donors (Lipinski definition) is 3. The monoisotopic (exact) mass is 376 g/mol. The van der Waals surface area contributed by atoms with Gasteiger partial charge in [-0.25, -0.2) is 4.98 Å². The fourth-order valence-corrected chi connectivity index (χ4v) is 2.69. The number of H-pyrrole nitrogens is 1. The highest BCUT2D eigenvalue weighted by Gasteiger charge is 2.17. The Bertz CT molecular complexity index is 659. The fourth-order valence-electron chi connectivity index (χ4n) is 2.43. The predicted molar refractivity (Wildman–Crippen MR) is 95.1 cm³/mol. The number of aliphatic imine (C=N–C) groups is 1. The summed E-state index contributed by atoms with van der Waals surface area (Å²) >= 11 is 3.43. The van der Waals surface area contributed by atoms with Crippen molar-refractivity contribution in [2.45, 2.75) is 25.8 Å². The standard InChI is InChI=1S/C16H21BrN6/c1-18-16(19-9-11-3-2-4-11)20-10-14-21-15(23-22-14)12-5-7-13(17)8-6-12/h5-8,11H,2-4,9-10H2,1H3,(H2,18,19,20)(H,21,22,23). The number of nitrogens with one attached hydrogen (secondary N) is 3. The molecule has 0 aliphatic heterocycles. The first-order valence-electron chi connectivity index (χ1n) is 7.86. The maximum absolute atomic E-state index is 4.51. The minimum absolute atomic E-state index is 0.563. The van der Waals surface area contributed by atoms with E-state index in [1.54, 1.807) is 7.05 Å². The molecule has 0 atom stereocenters. The van der Waals surface area contributed by atoms with Crippen molar-refractivity contribution in [2.75, 3.05) is 13.6 Å². The molecule has 1 aromatic heterocycles. The van der Waals surface area contributed by atoms with Crippen LogP contribution in [0.15, 0.2) is 33.7 Å². The number of nitrogens with zero attached hydrogens (tertiary/aromatic N) is 3. The molecule has 3 rings (SSSR count). The van der Waals surface area contributed by atoms with Gasteiger partial charge >= 0.3 is 0 Å². The van der Waals surface area contributed by atoms with Gasteiger partial charge in [0.05, 0.1) is 6.54 Å². The van der Waals surface area contributed by atoms with Crippen molar-refractivity contribution in [1.29, 1.82) is 0 Å². The van der Waals surface area contributed by atoms with Crippen LogP contribution in [0, 0.1) is 5.92 Å². The summed E-state index contributed by atoms with van der Waals surface area (Å²) in [6, 6.07) is 7.94. The average Bonchev–Trinajstić information content (AvgIpc) is 2.98. The fraction of sp³-hybridized carbons (Fsp3) is 0.438. The van der Waals surface area contributed by atoms with Crippen molar-refractivity contribution in [3.05, 3.63) is 34.6 Å². The van der Waals surface area contributed by atoms with Crippen LogP contribution in [-0.2, 0) is 6.54 Å². The molecule has 1 saturated carbocycles. The zero-order valence-electron chi connectivity index (χ0n) is 13.1. The Kier molecular flexibility index (Phi) is 5.27. The number of aromatic nitrogens is 3. The molecule has 0 spiro atoms. The molecule has 7 heteroatoms. The molecule has 122 valence electrons. The van der Waals surface area contributed by atoms with Gasteiger partial charge < -0.3 is 10.6 Å². The molecule has 2 aromatic rings. The van der Waals surface area contributed by atoms with Gasteiger partial charge in [0.25, 0.3) is 0 Å². The Hall–Kier alpha value is -1.89. The lowest BCUT2D eigenvalue weighted by atomic mass is 9.85. The largest absolute Gasteiger partial charge is 0.356 e. The Morgan fingerprint density at radius 3 is 2.74 bits per heavy atom. The third kappa shape index (κ3) is 4.31. The number of hydrogen-bond acceptors (Lipinski definition) is 3. The maximum atomic E-state index is 4.51. The minimum atomic E-state index is 0.563. The molecule has 0 bridgehead atoms. The number of benzene rings is 1.